The van der Waals surface area contributed by atoms with Crippen molar-refractivity contribution < 1.29 is 19.4 Å². The number of carbonyl (C=O) groups is 2. The Morgan fingerprint density at radius 3 is 2.44 bits per heavy atom. The molecule has 5 nitrogen and oxygen atoms in total. The summed E-state index contributed by atoms with van der Waals surface area (Å²) in [5.41, 5.74) is 0. The highest BCUT2D eigenvalue weighted by Crippen LogP contribution is 2.13. The van der Waals surface area contributed by atoms with Gasteiger partial charge in [-0.3, -0.25) is 9.59 Å². The molecule has 0 aliphatic rings. The number of rotatable bonds is 6. The van der Waals surface area contributed by atoms with Crippen LogP contribution in [0.15, 0.2) is 30.3 Å². The summed E-state index contributed by atoms with van der Waals surface area (Å²) in [7, 11) is 1.45. The van der Waals surface area contributed by atoms with E-state index in [9.17, 15) is 9.59 Å². The lowest BCUT2D eigenvalue weighted by Crippen LogP contribution is -2.41. The van der Waals surface area contributed by atoms with Gasteiger partial charge in [0.15, 0.2) is 6.10 Å². The second-order valence-electron chi connectivity index (χ2n) is 3.92. The van der Waals surface area contributed by atoms with Crippen molar-refractivity contribution in [3.63, 3.8) is 0 Å². The van der Waals surface area contributed by atoms with Crippen LogP contribution >= 0.6 is 0 Å². The van der Waals surface area contributed by atoms with Crippen molar-refractivity contribution in [3.05, 3.63) is 30.3 Å². The summed E-state index contributed by atoms with van der Waals surface area (Å²) in [5, 5.41) is 8.64. The average molecular weight is 251 g/mol. The lowest BCUT2D eigenvalue weighted by atomic mass is 10.2. The van der Waals surface area contributed by atoms with E-state index < -0.39 is 12.1 Å². The highest BCUT2D eigenvalue weighted by Gasteiger charge is 2.23. The molecule has 1 aromatic carbocycles. The molecule has 1 amide bonds. The second-order valence-corrected chi connectivity index (χ2v) is 3.92. The first kappa shape index (κ1) is 14.0. The fourth-order valence-electron chi connectivity index (χ4n) is 1.50. The van der Waals surface area contributed by atoms with Crippen LogP contribution in [0.4, 0.5) is 0 Å². The normalized spacial score (nSPS) is 11.7. The molecule has 1 N–H and O–H groups in total. The van der Waals surface area contributed by atoms with Gasteiger partial charge in [0.25, 0.3) is 5.91 Å². The van der Waals surface area contributed by atoms with E-state index in [1.54, 1.807) is 12.1 Å². The number of ether oxygens (including phenoxy) is 1. The number of amides is 1. The van der Waals surface area contributed by atoms with E-state index in [0.29, 0.717) is 12.2 Å². The van der Waals surface area contributed by atoms with Crippen LogP contribution in [0.2, 0.25) is 0 Å². The summed E-state index contributed by atoms with van der Waals surface area (Å²) in [4.78, 5) is 23.7. The monoisotopic (exact) mass is 251 g/mol. The number of carboxylic acids is 1. The lowest BCUT2D eigenvalue weighted by Gasteiger charge is -2.22. The molecule has 0 aliphatic carbocycles. The number of para-hydroxylation sites is 1. The minimum Gasteiger partial charge on any atom is -0.481 e. The minimum atomic E-state index is -1.04. The smallest absolute Gasteiger partial charge is 0.323 e. The van der Waals surface area contributed by atoms with Crippen LogP contribution in [-0.2, 0) is 9.59 Å². The van der Waals surface area contributed by atoms with E-state index in [0.717, 1.165) is 4.90 Å². The summed E-state index contributed by atoms with van der Waals surface area (Å²) >= 11 is 0. The maximum atomic E-state index is 12.0. The van der Waals surface area contributed by atoms with Gasteiger partial charge >= 0.3 is 5.97 Å². The van der Waals surface area contributed by atoms with Gasteiger partial charge in [0, 0.05) is 7.05 Å². The Hall–Kier alpha value is -2.04. The fourth-order valence-corrected chi connectivity index (χ4v) is 1.50. The highest BCUT2D eigenvalue weighted by molar-refractivity contribution is 5.84. The molecule has 0 fully saturated rings. The van der Waals surface area contributed by atoms with Crippen molar-refractivity contribution >= 4 is 11.9 Å². The molecule has 0 saturated carbocycles. The van der Waals surface area contributed by atoms with Crippen LogP contribution in [0.5, 0.6) is 5.75 Å². The SMILES string of the molecule is CCC(Oc1ccccc1)C(=O)N(C)CC(=O)O. The summed E-state index contributed by atoms with van der Waals surface area (Å²) in [6.07, 6.45) is -0.172. The molecule has 18 heavy (non-hydrogen) atoms. The van der Waals surface area contributed by atoms with Crippen LogP contribution in [0.1, 0.15) is 13.3 Å². The van der Waals surface area contributed by atoms with Crippen LogP contribution in [0.3, 0.4) is 0 Å². The predicted molar refractivity (Wildman–Crippen MR) is 66.4 cm³/mol. The Morgan fingerprint density at radius 2 is 1.94 bits per heavy atom. The second kappa shape index (κ2) is 6.64. The number of carbonyl (C=O) groups excluding carboxylic acids is 1. The van der Waals surface area contributed by atoms with Crippen molar-refractivity contribution in [2.45, 2.75) is 19.4 Å². The molecule has 1 aromatic rings. The van der Waals surface area contributed by atoms with Crippen LogP contribution in [0.25, 0.3) is 0 Å². The molecule has 0 aliphatic heterocycles. The Labute approximate surface area is 106 Å². The van der Waals surface area contributed by atoms with E-state index in [-0.39, 0.29) is 12.5 Å². The first-order chi connectivity index (χ1) is 8.54. The Bertz CT molecular complexity index is 405. The van der Waals surface area contributed by atoms with Gasteiger partial charge < -0.3 is 14.7 Å². The molecule has 0 spiro atoms. The first-order valence-corrected chi connectivity index (χ1v) is 5.73. The van der Waals surface area contributed by atoms with Crippen molar-refractivity contribution in [2.24, 2.45) is 0 Å². The maximum absolute atomic E-state index is 12.0. The summed E-state index contributed by atoms with van der Waals surface area (Å²) in [6.45, 7) is 1.49. The number of carboxylic acid groups (broad SMARTS) is 1. The third kappa shape index (κ3) is 4.08. The van der Waals surface area contributed by atoms with Crippen LogP contribution in [0, 0.1) is 0 Å². The average Bonchev–Trinajstić information content (AvgIpc) is 2.35. The molecule has 1 unspecified atom stereocenters. The Morgan fingerprint density at radius 1 is 1.33 bits per heavy atom. The minimum absolute atomic E-state index is 0.326. The van der Waals surface area contributed by atoms with Crippen molar-refractivity contribution in [2.75, 3.05) is 13.6 Å². The number of hydrogen-bond acceptors (Lipinski definition) is 3. The van der Waals surface area contributed by atoms with E-state index in [1.807, 2.05) is 25.1 Å². The van der Waals surface area contributed by atoms with Gasteiger partial charge in [-0.25, -0.2) is 0 Å². The van der Waals surface area contributed by atoms with Crippen molar-refractivity contribution in [3.8, 4) is 5.75 Å². The zero-order valence-corrected chi connectivity index (χ0v) is 10.5. The van der Waals surface area contributed by atoms with E-state index in [2.05, 4.69) is 0 Å². The largest absolute Gasteiger partial charge is 0.481 e. The van der Waals surface area contributed by atoms with Crippen LogP contribution in [-0.4, -0.2) is 41.6 Å². The third-order valence-electron chi connectivity index (χ3n) is 2.42. The topological polar surface area (TPSA) is 66.8 Å². The molecule has 1 rings (SSSR count). The Balaban J connectivity index is 2.66. The zero-order chi connectivity index (χ0) is 13.5. The number of hydrogen-bond donors (Lipinski definition) is 1. The highest BCUT2D eigenvalue weighted by atomic mass is 16.5. The van der Waals surface area contributed by atoms with Gasteiger partial charge in [0.2, 0.25) is 0 Å². The zero-order valence-electron chi connectivity index (χ0n) is 10.5. The number of benzene rings is 1. The molecule has 0 radical (unpaired) electrons. The lowest BCUT2D eigenvalue weighted by molar-refractivity contribution is -0.146. The van der Waals surface area contributed by atoms with Crippen molar-refractivity contribution in [1.82, 2.24) is 4.90 Å². The molecule has 1 atom stereocenters. The van der Waals surface area contributed by atoms with Gasteiger partial charge in [0.1, 0.15) is 12.3 Å². The fraction of sp³-hybridized carbons (Fsp3) is 0.385. The van der Waals surface area contributed by atoms with Crippen LogP contribution < -0.4 is 4.74 Å². The molecule has 0 bridgehead atoms. The number of likely N-dealkylation sites (N-methyl/N-ethyl adjacent to an activating group) is 1. The standard InChI is InChI=1S/C13H17NO4/c1-3-11(13(17)14(2)9-12(15)16)18-10-7-5-4-6-8-10/h4-8,11H,3,9H2,1-2H3,(H,15,16). The molecule has 5 heteroatoms. The molecule has 0 heterocycles. The Kier molecular flexibility index (Phi) is 5.17. The van der Waals surface area contributed by atoms with Gasteiger partial charge in [0.05, 0.1) is 0 Å². The number of nitrogens with zero attached hydrogens (tertiary/aromatic N) is 1. The van der Waals surface area contributed by atoms with Gasteiger partial charge in [-0.15, -0.1) is 0 Å². The third-order valence-corrected chi connectivity index (χ3v) is 2.42. The molecular weight excluding hydrogens is 234 g/mol. The summed E-state index contributed by atoms with van der Waals surface area (Å²) in [6, 6.07) is 8.99. The molecule has 98 valence electrons. The van der Waals surface area contributed by atoms with E-state index >= 15 is 0 Å². The maximum Gasteiger partial charge on any atom is 0.323 e. The van der Waals surface area contributed by atoms with Gasteiger partial charge in [-0.1, -0.05) is 25.1 Å². The quantitative estimate of drug-likeness (QED) is 0.829. The van der Waals surface area contributed by atoms with Gasteiger partial charge in [-0.05, 0) is 18.6 Å². The van der Waals surface area contributed by atoms with E-state index in [1.165, 1.54) is 7.05 Å². The predicted octanol–water partition coefficient (Wildman–Crippen LogP) is 1.39. The van der Waals surface area contributed by atoms with Crippen molar-refractivity contribution in [1.29, 1.82) is 0 Å². The van der Waals surface area contributed by atoms with Gasteiger partial charge in [-0.2, -0.15) is 0 Å². The first-order valence-electron chi connectivity index (χ1n) is 5.73. The summed E-state index contributed by atoms with van der Waals surface area (Å²) in [5.74, 6) is -0.773. The molecule has 0 aromatic heterocycles. The molecule has 0 saturated heterocycles. The number of aliphatic carboxylic acids is 1. The molecular formula is C13H17NO4. The van der Waals surface area contributed by atoms with E-state index in [4.69, 9.17) is 9.84 Å². The summed E-state index contributed by atoms with van der Waals surface area (Å²) < 4.78 is 5.54.